The Bertz CT molecular complexity index is 1060. The van der Waals surface area contributed by atoms with Crippen molar-refractivity contribution in [2.45, 2.75) is 32.0 Å². The number of aromatic nitrogens is 1. The summed E-state index contributed by atoms with van der Waals surface area (Å²) in [5.41, 5.74) is 5.81. The van der Waals surface area contributed by atoms with Crippen LogP contribution in [0.3, 0.4) is 0 Å². The Morgan fingerprint density at radius 2 is 1.87 bits per heavy atom. The SMILES string of the molecule is COc1nc(-c2cccc(-c3ccccc3C)c2Cl)ccc1CN[C@H]1CCOC[C@@H]1O. The molecule has 6 heteroatoms. The smallest absolute Gasteiger partial charge is 0.218 e. The second-order valence-corrected chi connectivity index (χ2v) is 8.14. The molecule has 2 heterocycles. The molecule has 5 nitrogen and oxygen atoms in total. The van der Waals surface area contributed by atoms with E-state index in [1.54, 1.807) is 7.11 Å². The topological polar surface area (TPSA) is 63.6 Å². The van der Waals surface area contributed by atoms with Gasteiger partial charge in [0.15, 0.2) is 0 Å². The molecular formula is C25H27ClN2O3. The van der Waals surface area contributed by atoms with E-state index in [1.807, 2.05) is 42.5 Å². The summed E-state index contributed by atoms with van der Waals surface area (Å²) in [6.07, 6.45) is 0.269. The standard InChI is InChI=1S/C25H27ClN2O3/c1-16-6-3-4-7-18(16)19-8-5-9-20(24(19)26)21-11-10-17(25(28-21)30-2)14-27-22-12-13-31-15-23(22)29/h3-11,22-23,27,29H,12-15H2,1-2H3/t22-,23-/m0/s1. The Morgan fingerprint density at radius 3 is 2.65 bits per heavy atom. The number of benzene rings is 2. The molecule has 2 aromatic carbocycles. The minimum absolute atomic E-state index is 0.00151. The highest BCUT2D eigenvalue weighted by Gasteiger charge is 2.23. The van der Waals surface area contributed by atoms with Gasteiger partial charge in [0.2, 0.25) is 5.88 Å². The van der Waals surface area contributed by atoms with E-state index in [1.165, 1.54) is 5.56 Å². The number of nitrogens with zero attached hydrogens (tertiary/aromatic N) is 1. The van der Waals surface area contributed by atoms with Gasteiger partial charge in [0, 0.05) is 35.9 Å². The number of aliphatic hydroxyl groups is 1. The van der Waals surface area contributed by atoms with Gasteiger partial charge in [-0.15, -0.1) is 0 Å². The van der Waals surface area contributed by atoms with E-state index in [9.17, 15) is 5.11 Å². The van der Waals surface area contributed by atoms with Gasteiger partial charge >= 0.3 is 0 Å². The van der Waals surface area contributed by atoms with Crippen molar-refractivity contribution in [3.05, 3.63) is 70.7 Å². The lowest BCUT2D eigenvalue weighted by molar-refractivity contribution is -0.0281. The third-order valence-electron chi connectivity index (χ3n) is 5.72. The fourth-order valence-electron chi connectivity index (χ4n) is 3.95. The molecule has 0 spiro atoms. The maximum atomic E-state index is 10.1. The number of methoxy groups -OCH3 is 1. The summed E-state index contributed by atoms with van der Waals surface area (Å²) in [5, 5.41) is 14.1. The fraction of sp³-hybridized carbons (Fsp3) is 0.320. The summed E-state index contributed by atoms with van der Waals surface area (Å²) in [4.78, 5) is 4.73. The highest BCUT2D eigenvalue weighted by molar-refractivity contribution is 6.36. The number of hydrogen-bond donors (Lipinski definition) is 2. The Hall–Kier alpha value is -2.44. The van der Waals surface area contributed by atoms with Gasteiger partial charge in [-0.1, -0.05) is 60.1 Å². The van der Waals surface area contributed by atoms with E-state index in [0.29, 0.717) is 30.7 Å². The molecule has 2 atom stereocenters. The molecule has 0 amide bonds. The van der Waals surface area contributed by atoms with E-state index >= 15 is 0 Å². The highest BCUT2D eigenvalue weighted by Crippen LogP contribution is 2.37. The summed E-state index contributed by atoms with van der Waals surface area (Å²) in [6.45, 7) is 3.65. The maximum absolute atomic E-state index is 10.1. The van der Waals surface area contributed by atoms with E-state index in [4.69, 9.17) is 26.1 Å². The van der Waals surface area contributed by atoms with Gasteiger partial charge in [0.25, 0.3) is 0 Å². The molecule has 0 aliphatic carbocycles. The van der Waals surface area contributed by atoms with Crippen LogP contribution in [0.5, 0.6) is 5.88 Å². The van der Waals surface area contributed by atoms with Gasteiger partial charge in [-0.2, -0.15) is 0 Å². The molecule has 1 aliphatic heterocycles. The Labute approximate surface area is 188 Å². The van der Waals surface area contributed by atoms with Crippen molar-refractivity contribution in [3.63, 3.8) is 0 Å². The van der Waals surface area contributed by atoms with Crippen LogP contribution in [0.2, 0.25) is 5.02 Å². The number of halogens is 1. The highest BCUT2D eigenvalue weighted by atomic mass is 35.5. The number of aliphatic hydroxyl groups excluding tert-OH is 1. The summed E-state index contributed by atoms with van der Waals surface area (Å²) < 4.78 is 10.9. The number of nitrogens with one attached hydrogen (secondary N) is 1. The normalized spacial score (nSPS) is 18.7. The largest absolute Gasteiger partial charge is 0.481 e. The molecule has 0 saturated carbocycles. The van der Waals surface area contributed by atoms with Crippen LogP contribution in [0.4, 0.5) is 0 Å². The van der Waals surface area contributed by atoms with Gasteiger partial charge in [-0.05, 0) is 30.5 Å². The number of aryl methyl sites for hydroxylation is 1. The molecule has 1 saturated heterocycles. The van der Waals surface area contributed by atoms with E-state index in [2.05, 4.69) is 24.4 Å². The zero-order valence-corrected chi connectivity index (χ0v) is 18.5. The molecule has 162 valence electrons. The van der Waals surface area contributed by atoms with Crippen LogP contribution in [0, 0.1) is 6.92 Å². The van der Waals surface area contributed by atoms with Crippen LogP contribution in [-0.2, 0) is 11.3 Å². The predicted molar refractivity (Wildman–Crippen MR) is 123 cm³/mol. The molecule has 3 aromatic rings. The summed E-state index contributed by atoms with van der Waals surface area (Å²) >= 11 is 6.83. The average Bonchev–Trinajstić information content (AvgIpc) is 2.79. The zero-order valence-electron chi connectivity index (χ0n) is 17.8. The first-order valence-electron chi connectivity index (χ1n) is 10.5. The van der Waals surface area contributed by atoms with Crippen molar-refractivity contribution in [2.24, 2.45) is 0 Å². The van der Waals surface area contributed by atoms with Crippen molar-refractivity contribution < 1.29 is 14.6 Å². The van der Waals surface area contributed by atoms with E-state index in [-0.39, 0.29) is 6.04 Å². The van der Waals surface area contributed by atoms with Gasteiger partial charge in [0.05, 0.1) is 30.5 Å². The maximum Gasteiger partial charge on any atom is 0.218 e. The fourth-order valence-corrected chi connectivity index (χ4v) is 4.27. The molecular weight excluding hydrogens is 412 g/mol. The van der Waals surface area contributed by atoms with Crippen LogP contribution >= 0.6 is 11.6 Å². The third-order valence-corrected chi connectivity index (χ3v) is 6.13. The minimum atomic E-state index is -0.505. The monoisotopic (exact) mass is 438 g/mol. The van der Waals surface area contributed by atoms with Gasteiger partial charge in [-0.3, -0.25) is 0 Å². The van der Waals surface area contributed by atoms with Crippen LogP contribution in [0.15, 0.2) is 54.6 Å². The molecule has 0 bridgehead atoms. The van der Waals surface area contributed by atoms with Crippen molar-refractivity contribution in [1.29, 1.82) is 0 Å². The average molecular weight is 439 g/mol. The molecule has 31 heavy (non-hydrogen) atoms. The molecule has 1 fully saturated rings. The number of ether oxygens (including phenoxy) is 2. The lowest BCUT2D eigenvalue weighted by Gasteiger charge is -2.28. The Balaban J connectivity index is 1.61. The third kappa shape index (κ3) is 4.75. The second-order valence-electron chi connectivity index (χ2n) is 7.77. The minimum Gasteiger partial charge on any atom is -0.481 e. The van der Waals surface area contributed by atoms with E-state index in [0.717, 1.165) is 34.4 Å². The summed E-state index contributed by atoms with van der Waals surface area (Å²) in [6, 6.07) is 18.2. The Kier molecular flexibility index (Phi) is 6.88. The van der Waals surface area contributed by atoms with Crippen LogP contribution in [-0.4, -0.2) is 42.6 Å². The lowest BCUT2D eigenvalue weighted by atomic mass is 9.97. The summed E-state index contributed by atoms with van der Waals surface area (Å²) in [7, 11) is 1.62. The van der Waals surface area contributed by atoms with Crippen molar-refractivity contribution in [3.8, 4) is 28.3 Å². The molecule has 1 aromatic heterocycles. The number of rotatable bonds is 6. The molecule has 2 N–H and O–H groups in total. The van der Waals surface area contributed by atoms with Crippen LogP contribution in [0.25, 0.3) is 22.4 Å². The zero-order chi connectivity index (χ0) is 21.8. The van der Waals surface area contributed by atoms with Crippen molar-refractivity contribution in [2.75, 3.05) is 20.3 Å². The number of hydrogen-bond acceptors (Lipinski definition) is 5. The summed E-state index contributed by atoms with van der Waals surface area (Å²) in [5.74, 6) is 0.545. The molecule has 0 radical (unpaired) electrons. The molecule has 1 aliphatic rings. The van der Waals surface area contributed by atoms with E-state index < -0.39 is 6.10 Å². The first-order chi connectivity index (χ1) is 15.1. The quantitative estimate of drug-likeness (QED) is 0.587. The van der Waals surface area contributed by atoms with Crippen molar-refractivity contribution >= 4 is 11.6 Å². The first kappa shape index (κ1) is 21.8. The second kappa shape index (κ2) is 9.79. The van der Waals surface area contributed by atoms with Gasteiger partial charge < -0.3 is 19.9 Å². The lowest BCUT2D eigenvalue weighted by Crippen LogP contribution is -2.46. The molecule has 0 unspecified atom stereocenters. The van der Waals surface area contributed by atoms with Gasteiger partial charge in [-0.25, -0.2) is 4.98 Å². The van der Waals surface area contributed by atoms with Crippen LogP contribution in [0.1, 0.15) is 17.5 Å². The van der Waals surface area contributed by atoms with Crippen LogP contribution < -0.4 is 10.1 Å². The van der Waals surface area contributed by atoms with Gasteiger partial charge in [0.1, 0.15) is 0 Å². The molecule has 4 rings (SSSR count). The predicted octanol–water partition coefficient (Wildman–Crippen LogP) is 4.63. The number of pyridine rings is 1. The van der Waals surface area contributed by atoms with Crippen molar-refractivity contribution in [1.82, 2.24) is 10.3 Å². The Morgan fingerprint density at radius 1 is 1.10 bits per heavy atom. The first-order valence-corrected chi connectivity index (χ1v) is 10.8.